The first-order chi connectivity index (χ1) is 10.6. The van der Waals surface area contributed by atoms with Gasteiger partial charge in [-0.2, -0.15) is 0 Å². The van der Waals surface area contributed by atoms with Gasteiger partial charge >= 0.3 is 5.97 Å². The molecule has 1 saturated heterocycles. The van der Waals surface area contributed by atoms with Gasteiger partial charge in [-0.05, 0) is 44.3 Å². The smallest absolute Gasteiger partial charge is 0.304 e. The number of hydrogen-bond donors (Lipinski definition) is 0. The van der Waals surface area contributed by atoms with Gasteiger partial charge in [0.2, 0.25) is 0 Å². The molecule has 2 atom stereocenters. The van der Waals surface area contributed by atoms with E-state index in [0.29, 0.717) is 13.0 Å². The number of rotatable bonds is 8. The van der Waals surface area contributed by atoms with Crippen molar-refractivity contribution < 1.29 is 14.3 Å². The van der Waals surface area contributed by atoms with Crippen LogP contribution in [0.5, 0.6) is 0 Å². The summed E-state index contributed by atoms with van der Waals surface area (Å²) in [5.74, 6) is -0.0258. The SMILES string of the molecule is BC(C)(CC)OCCC(C)(C)OC(=O)C1(CC(C)(C)C)BC1(C)C. The Kier molecular flexibility index (Phi) is 6.03. The van der Waals surface area contributed by atoms with E-state index in [-0.39, 0.29) is 27.5 Å². The van der Waals surface area contributed by atoms with Crippen molar-refractivity contribution >= 4 is 21.1 Å². The molecule has 3 nitrogen and oxygen atoms in total. The Hall–Kier alpha value is -0.440. The lowest BCUT2D eigenvalue weighted by atomic mass is 9.74. The van der Waals surface area contributed by atoms with Gasteiger partial charge in [-0.3, -0.25) is 4.79 Å². The van der Waals surface area contributed by atoms with Crippen LogP contribution in [0.1, 0.15) is 81.6 Å². The molecule has 1 heterocycles. The first-order valence-electron chi connectivity index (χ1n) is 9.43. The average molecular weight is 336 g/mol. The molecule has 0 saturated carbocycles. The zero-order valence-electron chi connectivity index (χ0n) is 17.8. The highest BCUT2D eigenvalue weighted by atomic mass is 16.6. The van der Waals surface area contributed by atoms with Crippen LogP contribution >= 0.6 is 0 Å². The Morgan fingerprint density at radius 1 is 1.12 bits per heavy atom. The maximum Gasteiger partial charge on any atom is 0.304 e. The van der Waals surface area contributed by atoms with Crippen LogP contribution in [0, 0.1) is 5.41 Å². The summed E-state index contributed by atoms with van der Waals surface area (Å²) in [5.41, 5.74) is -0.498. The van der Waals surface area contributed by atoms with Crippen LogP contribution in [-0.4, -0.2) is 38.8 Å². The van der Waals surface area contributed by atoms with Gasteiger partial charge in [0.05, 0.1) is 6.61 Å². The number of esters is 1. The van der Waals surface area contributed by atoms with Crippen LogP contribution in [0.2, 0.25) is 10.6 Å². The quantitative estimate of drug-likeness (QED) is 0.501. The Labute approximate surface area is 151 Å². The number of carbonyl (C=O) groups excluding carboxylic acids is 1. The monoisotopic (exact) mass is 336 g/mol. The summed E-state index contributed by atoms with van der Waals surface area (Å²) in [5, 5.41) is -0.291. The molecule has 1 aliphatic rings. The summed E-state index contributed by atoms with van der Waals surface area (Å²) in [7, 11) is 3.02. The van der Waals surface area contributed by atoms with Crippen molar-refractivity contribution in [3.8, 4) is 0 Å². The second kappa shape index (κ2) is 6.70. The molecule has 0 amide bonds. The van der Waals surface area contributed by atoms with Gasteiger partial charge in [-0.25, -0.2) is 0 Å². The Balaban J connectivity index is 2.67. The molecule has 0 aromatic heterocycles. The van der Waals surface area contributed by atoms with E-state index in [9.17, 15) is 4.79 Å². The molecule has 1 rings (SSSR count). The zero-order valence-corrected chi connectivity index (χ0v) is 17.8. The highest BCUT2D eigenvalue weighted by Crippen LogP contribution is 2.73. The lowest BCUT2D eigenvalue weighted by Gasteiger charge is -2.34. The van der Waals surface area contributed by atoms with E-state index in [4.69, 9.17) is 9.47 Å². The minimum atomic E-state index is -0.496. The van der Waals surface area contributed by atoms with Gasteiger partial charge in [-0.1, -0.05) is 41.5 Å². The topological polar surface area (TPSA) is 35.5 Å². The summed E-state index contributed by atoms with van der Waals surface area (Å²) >= 11 is 0. The predicted octanol–water partition coefficient (Wildman–Crippen LogP) is 3.72. The third kappa shape index (κ3) is 5.54. The van der Waals surface area contributed by atoms with Crippen LogP contribution in [0.3, 0.4) is 0 Å². The molecule has 0 aromatic carbocycles. The molecule has 5 heteroatoms. The van der Waals surface area contributed by atoms with Crippen molar-refractivity contribution in [2.45, 2.75) is 103 Å². The maximum absolute atomic E-state index is 13.0. The van der Waals surface area contributed by atoms with E-state index in [1.165, 1.54) is 0 Å². The van der Waals surface area contributed by atoms with Crippen molar-refractivity contribution in [3.05, 3.63) is 0 Å². The molecular formula is C19H38B2O3. The summed E-state index contributed by atoms with van der Waals surface area (Å²) in [6, 6.07) is 0. The van der Waals surface area contributed by atoms with Crippen LogP contribution in [-0.2, 0) is 14.3 Å². The van der Waals surface area contributed by atoms with Gasteiger partial charge < -0.3 is 9.47 Å². The fourth-order valence-electron chi connectivity index (χ4n) is 3.41. The molecule has 2 unspecified atom stereocenters. The van der Waals surface area contributed by atoms with E-state index in [2.05, 4.69) is 56.3 Å². The molecule has 0 N–H and O–H groups in total. The Morgan fingerprint density at radius 2 is 1.62 bits per heavy atom. The van der Waals surface area contributed by atoms with Crippen LogP contribution in [0.15, 0.2) is 0 Å². The van der Waals surface area contributed by atoms with E-state index in [0.717, 1.165) is 20.1 Å². The molecule has 0 aromatic rings. The van der Waals surface area contributed by atoms with Crippen molar-refractivity contribution in [1.29, 1.82) is 0 Å². The zero-order chi connectivity index (χ0) is 19.0. The molecule has 0 aliphatic carbocycles. The van der Waals surface area contributed by atoms with Gasteiger partial charge in [0.1, 0.15) is 20.7 Å². The van der Waals surface area contributed by atoms with Crippen LogP contribution in [0.4, 0.5) is 0 Å². The van der Waals surface area contributed by atoms with Crippen molar-refractivity contribution in [2.75, 3.05) is 6.61 Å². The van der Waals surface area contributed by atoms with E-state index < -0.39 is 5.60 Å². The third-order valence-corrected chi connectivity index (χ3v) is 5.55. The molecular weight excluding hydrogens is 298 g/mol. The minimum absolute atomic E-state index is 0.0258. The van der Waals surface area contributed by atoms with Gasteiger partial charge in [0, 0.05) is 17.2 Å². The van der Waals surface area contributed by atoms with E-state index >= 15 is 0 Å². The number of carbonyl (C=O) groups is 1. The molecule has 0 spiro atoms. The fraction of sp³-hybridized carbons (Fsp3) is 0.947. The highest BCUT2D eigenvalue weighted by Gasteiger charge is 2.69. The summed E-state index contributed by atoms with van der Waals surface area (Å²) < 4.78 is 11.9. The third-order valence-electron chi connectivity index (χ3n) is 5.55. The molecule has 138 valence electrons. The second-order valence-electron chi connectivity index (χ2n) is 10.7. The molecule has 24 heavy (non-hydrogen) atoms. The van der Waals surface area contributed by atoms with Crippen LogP contribution < -0.4 is 0 Å². The second-order valence-corrected chi connectivity index (χ2v) is 10.7. The molecule has 1 fully saturated rings. The van der Waals surface area contributed by atoms with Crippen molar-refractivity contribution in [1.82, 2.24) is 0 Å². The maximum atomic E-state index is 13.0. The van der Waals surface area contributed by atoms with Gasteiger partial charge in [0.25, 0.3) is 0 Å². The lowest BCUT2D eigenvalue weighted by Crippen LogP contribution is -2.36. The molecule has 0 radical (unpaired) electrons. The minimum Gasteiger partial charge on any atom is -0.460 e. The largest absolute Gasteiger partial charge is 0.460 e. The van der Waals surface area contributed by atoms with Gasteiger partial charge in [-0.15, -0.1) is 0 Å². The Bertz CT molecular complexity index is 464. The van der Waals surface area contributed by atoms with Crippen molar-refractivity contribution in [2.24, 2.45) is 5.41 Å². The van der Waals surface area contributed by atoms with E-state index in [1.54, 1.807) is 0 Å². The molecule has 1 aliphatic heterocycles. The van der Waals surface area contributed by atoms with E-state index in [1.807, 2.05) is 13.8 Å². The van der Waals surface area contributed by atoms with Crippen molar-refractivity contribution in [3.63, 3.8) is 0 Å². The first kappa shape index (κ1) is 21.6. The standard InChI is InChI=1S/C19H38B2O3/c1-10-18(9,20)23-12-11-16(5,6)24-14(22)19(13-15(2,3)4)17(7,8)21-19/h21H,10-13,20H2,1-9H3. The lowest BCUT2D eigenvalue weighted by molar-refractivity contribution is -0.162. The summed E-state index contributed by atoms with van der Waals surface area (Å²) in [4.78, 5) is 13.0. The summed E-state index contributed by atoms with van der Waals surface area (Å²) in [6.45, 7) is 19.8. The molecule has 0 bridgehead atoms. The first-order valence-corrected chi connectivity index (χ1v) is 9.43. The summed E-state index contributed by atoms with van der Waals surface area (Å²) in [6.07, 6.45) is 2.56. The van der Waals surface area contributed by atoms with Crippen LogP contribution in [0.25, 0.3) is 0 Å². The number of hydrogen-bond acceptors (Lipinski definition) is 3. The highest BCUT2D eigenvalue weighted by molar-refractivity contribution is 6.66. The normalized spacial score (nSPS) is 25.5. The van der Waals surface area contributed by atoms with Gasteiger partial charge in [0.15, 0.2) is 0 Å². The fourth-order valence-corrected chi connectivity index (χ4v) is 3.41. The Morgan fingerprint density at radius 3 is 2.00 bits per heavy atom. The average Bonchev–Trinajstić information content (AvgIpc) is 2.88. The predicted molar refractivity (Wildman–Crippen MR) is 106 cm³/mol. The number of ether oxygens (including phenoxy) is 2.